The summed E-state index contributed by atoms with van der Waals surface area (Å²) in [6, 6.07) is 7.88. The van der Waals surface area contributed by atoms with Crippen molar-refractivity contribution in [3.8, 4) is 0 Å². The molecule has 5 heteroatoms. The Hall–Kier alpha value is -1.62. The number of thiophene rings is 1. The smallest absolute Gasteiger partial charge is 0.288 e. The summed E-state index contributed by atoms with van der Waals surface area (Å²) in [6.45, 7) is 1.98. The Labute approximate surface area is 112 Å². The molecule has 2 aromatic rings. The topological polar surface area (TPSA) is 17.1 Å². The van der Waals surface area contributed by atoms with Crippen molar-refractivity contribution in [2.45, 2.75) is 19.5 Å². The molecule has 0 N–H and O–H groups in total. The molecule has 0 spiro atoms. The summed E-state index contributed by atoms with van der Waals surface area (Å²) in [7, 11) is 0. The third-order valence-electron chi connectivity index (χ3n) is 2.71. The highest BCUT2D eigenvalue weighted by Gasteiger charge is 2.30. The standard InChI is InChI=1S/C14H11F3OS/c1-2-11-7-8-12(19-11)13(18)9-3-5-10(6-4-9)14(15,16)17/h3-8H,2H2,1H3. The van der Waals surface area contributed by atoms with E-state index in [0.29, 0.717) is 4.88 Å². The highest BCUT2D eigenvalue weighted by Crippen LogP contribution is 2.29. The Morgan fingerprint density at radius 3 is 2.21 bits per heavy atom. The molecule has 0 radical (unpaired) electrons. The molecule has 0 unspecified atom stereocenters. The molecule has 0 atom stereocenters. The van der Waals surface area contributed by atoms with Crippen LogP contribution < -0.4 is 0 Å². The minimum absolute atomic E-state index is 0.238. The largest absolute Gasteiger partial charge is 0.416 e. The number of rotatable bonds is 3. The van der Waals surface area contributed by atoms with E-state index in [2.05, 4.69) is 0 Å². The Morgan fingerprint density at radius 2 is 1.74 bits per heavy atom. The van der Waals surface area contributed by atoms with Gasteiger partial charge in [-0.3, -0.25) is 4.79 Å². The second kappa shape index (κ2) is 5.17. The molecular weight excluding hydrogens is 273 g/mol. The van der Waals surface area contributed by atoms with Crippen LogP contribution in [0.1, 0.15) is 32.6 Å². The van der Waals surface area contributed by atoms with Crippen LogP contribution in [0.15, 0.2) is 36.4 Å². The van der Waals surface area contributed by atoms with Gasteiger partial charge in [-0.1, -0.05) is 19.1 Å². The molecule has 0 saturated heterocycles. The minimum Gasteiger partial charge on any atom is -0.288 e. The molecule has 1 heterocycles. The molecule has 100 valence electrons. The number of carbonyl (C=O) groups excluding carboxylic acids is 1. The lowest BCUT2D eigenvalue weighted by molar-refractivity contribution is -0.137. The lowest BCUT2D eigenvalue weighted by Crippen LogP contribution is -2.06. The Kier molecular flexibility index (Phi) is 3.75. The molecule has 0 bridgehead atoms. The fraction of sp³-hybridized carbons (Fsp3) is 0.214. The number of hydrogen-bond donors (Lipinski definition) is 0. The zero-order valence-corrected chi connectivity index (χ0v) is 10.9. The van der Waals surface area contributed by atoms with Crippen molar-refractivity contribution in [2.75, 3.05) is 0 Å². The lowest BCUT2D eigenvalue weighted by Gasteiger charge is -2.06. The first-order valence-electron chi connectivity index (χ1n) is 5.72. The van der Waals surface area contributed by atoms with Crippen molar-refractivity contribution in [1.82, 2.24) is 0 Å². The van der Waals surface area contributed by atoms with E-state index in [1.165, 1.54) is 23.5 Å². The van der Waals surface area contributed by atoms with Crippen LogP contribution in [0.4, 0.5) is 13.2 Å². The molecule has 1 aromatic heterocycles. The molecular formula is C14H11F3OS. The van der Waals surface area contributed by atoms with E-state index in [-0.39, 0.29) is 11.3 Å². The van der Waals surface area contributed by atoms with Gasteiger partial charge in [0.2, 0.25) is 5.78 Å². The van der Waals surface area contributed by atoms with Gasteiger partial charge in [0.15, 0.2) is 0 Å². The third kappa shape index (κ3) is 3.04. The van der Waals surface area contributed by atoms with E-state index in [1.807, 2.05) is 13.0 Å². The maximum Gasteiger partial charge on any atom is 0.416 e. The minimum atomic E-state index is -4.38. The van der Waals surface area contributed by atoms with Crippen LogP contribution in [0.3, 0.4) is 0 Å². The third-order valence-corrected chi connectivity index (χ3v) is 3.94. The van der Waals surface area contributed by atoms with Crippen LogP contribution in [0.5, 0.6) is 0 Å². The molecule has 1 aromatic carbocycles. The van der Waals surface area contributed by atoms with E-state index in [0.717, 1.165) is 23.4 Å². The number of alkyl halides is 3. The SMILES string of the molecule is CCc1ccc(C(=O)c2ccc(C(F)(F)F)cc2)s1. The van der Waals surface area contributed by atoms with Gasteiger partial charge in [-0.15, -0.1) is 11.3 Å². The van der Waals surface area contributed by atoms with Gasteiger partial charge in [0.1, 0.15) is 0 Å². The van der Waals surface area contributed by atoms with Gasteiger partial charge >= 0.3 is 6.18 Å². The molecule has 0 amide bonds. The summed E-state index contributed by atoms with van der Waals surface area (Å²) >= 11 is 1.37. The van der Waals surface area contributed by atoms with Crippen molar-refractivity contribution < 1.29 is 18.0 Å². The number of hydrogen-bond acceptors (Lipinski definition) is 2. The second-order valence-electron chi connectivity index (χ2n) is 4.02. The Morgan fingerprint density at radius 1 is 1.11 bits per heavy atom. The van der Waals surface area contributed by atoms with Gasteiger partial charge in [-0.25, -0.2) is 0 Å². The van der Waals surface area contributed by atoms with Crippen LogP contribution >= 0.6 is 11.3 Å². The van der Waals surface area contributed by atoms with Crippen LogP contribution in [0.25, 0.3) is 0 Å². The van der Waals surface area contributed by atoms with Gasteiger partial charge in [0, 0.05) is 10.4 Å². The van der Waals surface area contributed by atoms with Crippen molar-refractivity contribution in [2.24, 2.45) is 0 Å². The van der Waals surface area contributed by atoms with E-state index in [4.69, 9.17) is 0 Å². The Balaban J connectivity index is 2.25. The molecule has 2 rings (SSSR count). The first-order valence-corrected chi connectivity index (χ1v) is 6.54. The maximum absolute atomic E-state index is 12.4. The first kappa shape index (κ1) is 13.8. The summed E-state index contributed by atoms with van der Waals surface area (Å²) < 4.78 is 37.2. The van der Waals surface area contributed by atoms with Crippen molar-refractivity contribution in [3.63, 3.8) is 0 Å². The second-order valence-corrected chi connectivity index (χ2v) is 5.19. The average molecular weight is 284 g/mol. The van der Waals surface area contributed by atoms with Gasteiger partial charge in [0.05, 0.1) is 10.4 Å². The number of carbonyl (C=O) groups is 1. The molecule has 0 fully saturated rings. The predicted molar refractivity (Wildman–Crippen MR) is 68.6 cm³/mol. The number of halogens is 3. The molecule has 19 heavy (non-hydrogen) atoms. The molecule has 1 nitrogen and oxygen atoms in total. The van der Waals surface area contributed by atoms with Crippen molar-refractivity contribution in [1.29, 1.82) is 0 Å². The van der Waals surface area contributed by atoms with Gasteiger partial charge in [-0.2, -0.15) is 13.2 Å². The fourth-order valence-corrected chi connectivity index (χ4v) is 2.55. The number of ketones is 1. The normalized spacial score (nSPS) is 11.6. The van der Waals surface area contributed by atoms with Gasteiger partial charge in [-0.05, 0) is 30.7 Å². The molecule has 0 aliphatic heterocycles. The highest BCUT2D eigenvalue weighted by molar-refractivity contribution is 7.14. The van der Waals surface area contributed by atoms with E-state index in [9.17, 15) is 18.0 Å². The van der Waals surface area contributed by atoms with Crippen molar-refractivity contribution >= 4 is 17.1 Å². The number of benzene rings is 1. The van der Waals surface area contributed by atoms with Crippen LogP contribution in [0, 0.1) is 0 Å². The van der Waals surface area contributed by atoms with E-state index < -0.39 is 11.7 Å². The molecule has 0 saturated carbocycles. The summed E-state index contributed by atoms with van der Waals surface area (Å²) in [4.78, 5) is 13.7. The summed E-state index contributed by atoms with van der Waals surface area (Å²) in [5, 5.41) is 0. The van der Waals surface area contributed by atoms with E-state index in [1.54, 1.807) is 6.07 Å². The highest BCUT2D eigenvalue weighted by atomic mass is 32.1. The summed E-state index contributed by atoms with van der Waals surface area (Å²) in [5.74, 6) is -0.238. The van der Waals surface area contributed by atoms with Crippen LogP contribution in [-0.4, -0.2) is 5.78 Å². The zero-order chi connectivity index (χ0) is 14.0. The van der Waals surface area contributed by atoms with Gasteiger partial charge < -0.3 is 0 Å². The molecule has 0 aliphatic carbocycles. The fourth-order valence-electron chi connectivity index (χ4n) is 1.64. The summed E-state index contributed by atoms with van der Waals surface area (Å²) in [5.41, 5.74) is -0.470. The monoisotopic (exact) mass is 284 g/mol. The summed E-state index contributed by atoms with van der Waals surface area (Å²) in [6.07, 6.45) is -3.54. The first-order chi connectivity index (χ1) is 8.91. The lowest BCUT2D eigenvalue weighted by atomic mass is 10.1. The van der Waals surface area contributed by atoms with Gasteiger partial charge in [0.25, 0.3) is 0 Å². The van der Waals surface area contributed by atoms with Crippen LogP contribution in [0.2, 0.25) is 0 Å². The van der Waals surface area contributed by atoms with Crippen LogP contribution in [-0.2, 0) is 12.6 Å². The Bertz CT molecular complexity index is 581. The predicted octanol–water partition coefficient (Wildman–Crippen LogP) is 4.56. The average Bonchev–Trinajstić information content (AvgIpc) is 2.86. The van der Waals surface area contributed by atoms with E-state index >= 15 is 0 Å². The number of aryl methyl sites for hydroxylation is 1. The quantitative estimate of drug-likeness (QED) is 0.755. The van der Waals surface area contributed by atoms with Crippen molar-refractivity contribution in [3.05, 3.63) is 57.3 Å². The zero-order valence-electron chi connectivity index (χ0n) is 10.1. The maximum atomic E-state index is 12.4. The molecule has 0 aliphatic rings.